The largest absolute Gasteiger partial charge is 0.481 e. The van der Waals surface area contributed by atoms with Crippen molar-refractivity contribution in [3.05, 3.63) is 28.8 Å². The zero-order valence-electron chi connectivity index (χ0n) is 10.5. The molecule has 1 aromatic carbocycles. The van der Waals surface area contributed by atoms with Crippen LogP contribution in [0, 0.1) is 11.8 Å². The second-order valence-electron chi connectivity index (χ2n) is 4.82. The summed E-state index contributed by atoms with van der Waals surface area (Å²) >= 11 is 6.11. The summed E-state index contributed by atoms with van der Waals surface area (Å²) in [6, 6.07) is 4.90. The van der Waals surface area contributed by atoms with Gasteiger partial charge in [-0.05, 0) is 18.2 Å². The maximum Gasteiger partial charge on any atom is 0.306 e. The van der Waals surface area contributed by atoms with Crippen LogP contribution in [0.2, 0.25) is 5.02 Å². The van der Waals surface area contributed by atoms with Gasteiger partial charge in [0, 0.05) is 24.6 Å². The monoisotopic (exact) mass is 282 g/mol. The van der Waals surface area contributed by atoms with Crippen LogP contribution in [0.1, 0.15) is 17.3 Å². The highest BCUT2D eigenvalue weighted by atomic mass is 35.5. The summed E-state index contributed by atoms with van der Waals surface area (Å²) in [6.07, 6.45) is 0. The maximum atomic E-state index is 11.0. The number of carboxylic acid groups (broad SMARTS) is 1. The molecule has 1 aliphatic rings. The standard InChI is InChI=1S/C13H15ClN2O3/c1-7(13(18)19)9-5-16(6-9)11-3-2-8(12(15)17)4-10(11)14/h2-4,7,9H,5-6H2,1H3,(H2,15,17)(H,18,19). The van der Waals surface area contributed by atoms with E-state index in [4.69, 9.17) is 22.4 Å². The fourth-order valence-corrected chi connectivity index (χ4v) is 2.44. The first-order valence-electron chi connectivity index (χ1n) is 5.97. The molecule has 3 N–H and O–H groups in total. The van der Waals surface area contributed by atoms with Crippen LogP contribution >= 0.6 is 11.6 Å². The van der Waals surface area contributed by atoms with Crippen LogP contribution in [0.25, 0.3) is 0 Å². The van der Waals surface area contributed by atoms with Crippen molar-refractivity contribution in [1.82, 2.24) is 0 Å². The summed E-state index contributed by atoms with van der Waals surface area (Å²) < 4.78 is 0. The lowest BCUT2D eigenvalue weighted by Crippen LogP contribution is -2.51. The predicted octanol–water partition coefficient (Wildman–Crippen LogP) is 1.60. The molecular formula is C13H15ClN2O3. The van der Waals surface area contributed by atoms with E-state index >= 15 is 0 Å². The highest BCUT2D eigenvalue weighted by Crippen LogP contribution is 2.34. The average Bonchev–Trinajstić information content (AvgIpc) is 2.28. The Hall–Kier alpha value is -1.75. The smallest absolute Gasteiger partial charge is 0.306 e. The van der Waals surface area contributed by atoms with Crippen LogP contribution in [0.15, 0.2) is 18.2 Å². The Balaban J connectivity index is 2.06. The van der Waals surface area contributed by atoms with Crippen LogP contribution in [0.3, 0.4) is 0 Å². The number of hydrogen-bond acceptors (Lipinski definition) is 3. The third kappa shape index (κ3) is 2.66. The number of aliphatic carboxylic acids is 1. The lowest BCUT2D eigenvalue weighted by Gasteiger charge is -2.43. The molecule has 1 aromatic rings. The molecule has 1 fully saturated rings. The van der Waals surface area contributed by atoms with Gasteiger partial charge in [-0.3, -0.25) is 9.59 Å². The molecular weight excluding hydrogens is 268 g/mol. The molecule has 1 aliphatic heterocycles. The first kappa shape index (κ1) is 13.7. The first-order valence-corrected chi connectivity index (χ1v) is 6.35. The average molecular weight is 283 g/mol. The Morgan fingerprint density at radius 3 is 2.58 bits per heavy atom. The number of amides is 1. The van der Waals surface area contributed by atoms with E-state index in [0.29, 0.717) is 23.7 Å². The van der Waals surface area contributed by atoms with E-state index in [1.165, 1.54) is 6.07 Å². The minimum atomic E-state index is -0.778. The summed E-state index contributed by atoms with van der Waals surface area (Å²) in [5.41, 5.74) is 6.35. The van der Waals surface area contributed by atoms with Gasteiger partial charge in [0.1, 0.15) is 0 Å². The van der Waals surface area contributed by atoms with Crippen LogP contribution < -0.4 is 10.6 Å². The van der Waals surface area contributed by atoms with E-state index in [1.807, 2.05) is 4.90 Å². The number of nitrogens with two attached hydrogens (primary N) is 1. The molecule has 1 amide bonds. The number of carbonyl (C=O) groups is 2. The van der Waals surface area contributed by atoms with E-state index in [2.05, 4.69) is 0 Å². The van der Waals surface area contributed by atoms with Gasteiger partial charge in [-0.25, -0.2) is 0 Å². The lowest BCUT2D eigenvalue weighted by atomic mass is 9.86. The fraction of sp³-hybridized carbons (Fsp3) is 0.385. The Morgan fingerprint density at radius 2 is 2.11 bits per heavy atom. The number of hydrogen-bond donors (Lipinski definition) is 2. The summed E-state index contributed by atoms with van der Waals surface area (Å²) in [4.78, 5) is 23.9. The fourth-order valence-electron chi connectivity index (χ4n) is 2.14. The molecule has 2 rings (SSSR count). The van der Waals surface area contributed by atoms with Crippen LogP contribution in [0.4, 0.5) is 5.69 Å². The summed E-state index contributed by atoms with van der Waals surface area (Å²) in [5, 5.41) is 9.39. The summed E-state index contributed by atoms with van der Waals surface area (Å²) in [7, 11) is 0. The van der Waals surface area contributed by atoms with Gasteiger partial charge in [0.2, 0.25) is 5.91 Å². The lowest BCUT2D eigenvalue weighted by molar-refractivity contribution is -0.143. The van der Waals surface area contributed by atoms with Crippen molar-refractivity contribution in [3.8, 4) is 0 Å². The van der Waals surface area contributed by atoms with E-state index in [1.54, 1.807) is 19.1 Å². The predicted molar refractivity (Wildman–Crippen MR) is 72.5 cm³/mol. The third-order valence-corrected chi connectivity index (χ3v) is 3.88. The topological polar surface area (TPSA) is 83.6 Å². The van der Waals surface area contributed by atoms with E-state index in [9.17, 15) is 9.59 Å². The zero-order valence-corrected chi connectivity index (χ0v) is 11.2. The molecule has 0 aliphatic carbocycles. The highest BCUT2D eigenvalue weighted by Gasteiger charge is 2.35. The molecule has 1 heterocycles. The van der Waals surface area contributed by atoms with Gasteiger partial charge in [-0.1, -0.05) is 18.5 Å². The molecule has 1 unspecified atom stereocenters. The number of benzene rings is 1. The Labute approximate surface area is 116 Å². The SMILES string of the molecule is CC(C(=O)O)C1CN(c2ccc(C(N)=O)cc2Cl)C1. The van der Waals surface area contributed by atoms with E-state index < -0.39 is 11.9 Å². The minimum Gasteiger partial charge on any atom is -0.481 e. The Kier molecular flexibility index (Phi) is 3.66. The van der Waals surface area contributed by atoms with Crippen LogP contribution in [-0.2, 0) is 4.79 Å². The molecule has 1 atom stereocenters. The van der Waals surface area contributed by atoms with Crippen molar-refractivity contribution < 1.29 is 14.7 Å². The highest BCUT2D eigenvalue weighted by molar-refractivity contribution is 6.33. The number of anilines is 1. The van der Waals surface area contributed by atoms with Crippen molar-refractivity contribution in [2.45, 2.75) is 6.92 Å². The number of carbonyl (C=O) groups excluding carboxylic acids is 1. The minimum absolute atomic E-state index is 0.129. The van der Waals surface area contributed by atoms with Crippen molar-refractivity contribution in [2.24, 2.45) is 17.6 Å². The quantitative estimate of drug-likeness (QED) is 0.878. The van der Waals surface area contributed by atoms with Gasteiger partial charge in [-0.15, -0.1) is 0 Å². The Bertz CT molecular complexity index is 527. The normalized spacial score (nSPS) is 16.8. The van der Waals surface area contributed by atoms with Crippen LogP contribution in [0.5, 0.6) is 0 Å². The van der Waals surface area contributed by atoms with Crippen molar-refractivity contribution in [1.29, 1.82) is 0 Å². The first-order chi connectivity index (χ1) is 8.90. The molecule has 0 radical (unpaired) electrons. The van der Waals surface area contributed by atoms with Crippen LogP contribution in [-0.4, -0.2) is 30.1 Å². The zero-order chi connectivity index (χ0) is 14.2. The van der Waals surface area contributed by atoms with Gasteiger partial charge in [0.15, 0.2) is 0 Å². The number of rotatable bonds is 4. The molecule has 6 heteroatoms. The molecule has 0 aromatic heterocycles. The van der Waals surface area contributed by atoms with Gasteiger partial charge in [0.05, 0.1) is 16.6 Å². The molecule has 0 spiro atoms. The van der Waals surface area contributed by atoms with Gasteiger partial charge >= 0.3 is 5.97 Å². The van der Waals surface area contributed by atoms with E-state index in [-0.39, 0.29) is 11.8 Å². The molecule has 0 saturated carbocycles. The van der Waals surface area contributed by atoms with Crippen molar-refractivity contribution in [2.75, 3.05) is 18.0 Å². The Morgan fingerprint density at radius 1 is 1.47 bits per heavy atom. The maximum absolute atomic E-state index is 11.0. The van der Waals surface area contributed by atoms with Crippen molar-refractivity contribution >= 4 is 29.2 Å². The molecule has 0 bridgehead atoms. The second-order valence-corrected chi connectivity index (χ2v) is 5.23. The van der Waals surface area contributed by atoms with Gasteiger partial charge < -0.3 is 15.7 Å². The number of halogens is 1. The number of primary amides is 1. The van der Waals surface area contributed by atoms with Gasteiger partial charge in [-0.2, -0.15) is 0 Å². The van der Waals surface area contributed by atoms with Gasteiger partial charge in [0.25, 0.3) is 0 Å². The number of nitrogens with zero attached hydrogens (tertiary/aromatic N) is 1. The second kappa shape index (κ2) is 5.09. The summed E-state index contributed by atoms with van der Waals surface area (Å²) in [5.74, 6) is -1.53. The molecule has 19 heavy (non-hydrogen) atoms. The molecule has 102 valence electrons. The summed E-state index contributed by atoms with van der Waals surface area (Å²) in [6.45, 7) is 3.02. The molecule has 5 nitrogen and oxygen atoms in total. The third-order valence-electron chi connectivity index (χ3n) is 3.58. The van der Waals surface area contributed by atoms with E-state index in [0.717, 1.165) is 5.69 Å². The molecule has 1 saturated heterocycles. The van der Waals surface area contributed by atoms with Crippen molar-refractivity contribution in [3.63, 3.8) is 0 Å². The number of carboxylic acids is 1.